The van der Waals surface area contributed by atoms with Crippen molar-refractivity contribution in [1.82, 2.24) is 10.6 Å². The summed E-state index contributed by atoms with van der Waals surface area (Å²) in [5, 5.41) is 4.98. The number of hydrogen-bond acceptors (Lipinski definition) is 4. The SMILES string of the molecule is CC(C)N1C(=O)[C@@H](NC(=O)[C@@H](Cc2ccccc2C(F)(F)F)NC(=O)OC(C)(C)C)CCc2cc(F)ccc21. The third-order valence-corrected chi connectivity index (χ3v) is 6.13. The fraction of sp³-hybridized carbons (Fsp3) is 0.464. The fourth-order valence-electron chi connectivity index (χ4n) is 4.49. The van der Waals surface area contributed by atoms with Gasteiger partial charge in [-0.25, -0.2) is 9.18 Å². The molecule has 2 aromatic carbocycles. The Morgan fingerprint density at radius 3 is 2.38 bits per heavy atom. The molecule has 0 radical (unpaired) electrons. The Balaban J connectivity index is 1.90. The zero-order chi connectivity index (χ0) is 29.1. The Morgan fingerprint density at radius 2 is 1.77 bits per heavy atom. The van der Waals surface area contributed by atoms with Crippen molar-refractivity contribution in [2.45, 2.75) is 83.8 Å². The van der Waals surface area contributed by atoms with E-state index in [1.165, 1.54) is 41.3 Å². The van der Waals surface area contributed by atoms with Crippen LogP contribution in [0.5, 0.6) is 0 Å². The molecule has 2 aromatic rings. The maximum atomic E-state index is 13.9. The molecule has 0 spiro atoms. The lowest BCUT2D eigenvalue weighted by Crippen LogP contribution is -2.56. The van der Waals surface area contributed by atoms with Crippen molar-refractivity contribution in [3.05, 3.63) is 65.0 Å². The lowest BCUT2D eigenvalue weighted by Gasteiger charge is -2.30. The van der Waals surface area contributed by atoms with Gasteiger partial charge in [-0.1, -0.05) is 18.2 Å². The molecule has 7 nitrogen and oxygen atoms in total. The topological polar surface area (TPSA) is 87.7 Å². The van der Waals surface area contributed by atoms with E-state index >= 15 is 0 Å². The minimum Gasteiger partial charge on any atom is -0.444 e. The number of nitrogens with zero attached hydrogens (tertiary/aromatic N) is 1. The van der Waals surface area contributed by atoms with Gasteiger partial charge in [-0.2, -0.15) is 13.2 Å². The first-order valence-electron chi connectivity index (χ1n) is 12.6. The molecule has 0 bridgehead atoms. The van der Waals surface area contributed by atoms with Gasteiger partial charge in [-0.15, -0.1) is 0 Å². The number of benzene rings is 2. The zero-order valence-electron chi connectivity index (χ0n) is 22.5. The molecule has 11 heteroatoms. The second-order valence-corrected chi connectivity index (χ2v) is 10.7. The highest BCUT2D eigenvalue weighted by Gasteiger charge is 2.37. The predicted molar refractivity (Wildman–Crippen MR) is 138 cm³/mol. The number of anilines is 1. The predicted octanol–water partition coefficient (Wildman–Crippen LogP) is 5.15. The number of fused-ring (bicyclic) bond motifs is 1. The lowest BCUT2D eigenvalue weighted by atomic mass is 9.98. The number of ether oxygens (including phenoxy) is 1. The summed E-state index contributed by atoms with van der Waals surface area (Å²) in [6.07, 6.45) is -5.77. The van der Waals surface area contributed by atoms with Crippen LogP contribution in [0.1, 0.15) is 57.7 Å². The van der Waals surface area contributed by atoms with Gasteiger partial charge in [0.2, 0.25) is 11.8 Å². The molecule has 0 saturated carbocycles. The summed E-state index contributed by atoms with van der Waals surface area (Å²) in [4.78, 5) is 40.9. The summed E-state index contributed by atoms with van der Waals surface area (Å²) >= 11 is 0. The number of amides is 3. The molecule has 2 atom stereocenters. The summed E-state index contributed by atoms with van der Waals surface area (Å²) in [6, 6.07) is 5.98. The molecule has 1 aliphatic heterocycles. The zero-order valence-corrected chi connectivity index (χ0v) is 22.5. The number of rotatable bonds is 6. The van der Waals surface area contributed by atoms with Crippen LogP contribution in [-0.4, -0.2) is 41.6 Å². The van der Waals surface area contributed by atoms with Gasteiger partial charge in [0, 0.05) is 18.2 Å². The number of nitrogens with one attached hydrogen (secondary N) is 2. The van der Waals surface area contributed by atoms with Crippen LogP contribution in [0.3, 0.4) is 0 Å². The molecule has 1 aliphatic rings. The lowest BCUT2D eigenvalue weighted by molar-refractivity contribution is -0.138. The van der Waals surface area contributed by atoms with Crippen LogP contribution in [0.25, 0.3) is 0 Å². The highest BCUT2D eigenvalue weighted by molar-refractivity contribution is 6.01. The van der Waals surface area contributed by atoms with Gasteiger partial charge in [-0.05, 0) is 82.9 Å². The first-order valence-corrected chi connectivity index (χ1v) is 12.6. The van der Waals surface area contributed by atoms with E-state index in [0.717, 1.165) is 6.07 Å². The Bertz CT molecular complexity index is 1220. The maximum Gasteiger partial charge on any atom is 0.416 e. The second kappa shape index (κ2) is 11.6. The van der Waals surface area contributed by atoms with Crippen LogP contribution in [0.2, 0.25) is 0 Å². The van der Waals surface area contributed by atoms with Crippen molar-refractivity contribution in [3.63, 3.8) is 0 Å². The number of aryl methyl sites for hydroxylation is 1. The molecular weight excluding hydrogens is 518 g/mol. The van der Waals surface area contributed by atoms with E-state index in [0.29, 0.717) is 11.3 Å². The molecule has 39 heavy (non-hydrogen) atoms. The minimum absolute atomic E-state index is 0.128. The third-order valence-electron chi connectivity index (χ3n) is 6.13. The fourth-order valence-corrected chi connectivity index (χ4v) is 4.49. The number of halogens is 4. The smallest absolute Gasteiger partial charge is 0.416 e. The van der Waals surface area contributed by atoms with Crippen LogP contribution < -0.4 is 15.5 Å². The van der Waals surface area contributed by atoms with Crippen LogP contribution in [-0.2, 0) is 33.3 Å². The average Bonchev–Trinajstić information content (AvgIpc) is 2.93. The van der Waals surface area contributed by atoms with Gasteiger partial charge < -0.3 is 20.3 Å². The van der Waals surface area contributed by atoms with E-state index in [1.54, 1.807) is 34.6 Å². The summed E-state index contributed by atoms with van der Waals surface area (Å²) < 4.78 is 60.1. The minimum atomic E-state index is -4.68. The first kappa shape index (κ1) is 29.9. The van der Waals surface area contributed by atoms with Gasteiger partial charge in [0.1, 0.15) is 23.5 Å². The standard InChI is InChI=1S/C28H33F4N3O4/c1-16(2)35-23-13-11-19(29)14-18(23)10-12-21(25(35)37)33-24(36)22(34-26(38)39-27(3,4)5)15-17-8-6-7-9-20(17)28(30,31)32/h6-9,11,13-14,16,21-22H,10,12,15H2,1-5H3,(H,33,36)(H,34,38)/t21-,22+/m0/s1. The van der Waals surface area contributed by atoms with Crippen molar-refractivity contribution >= 4 is 23.6 Å². The van der Waals surface area contributed by atoms with Crippen molar-refractivity contribution in [1.29, 1.82) is 0 Å². The average molecular weight is 552 g/mol. The molecule has 0 saturated heterocycles. The van der Waals surface area contributed by atoms with E-state index in [2.05, 4.69) is 10.6 Å². The summed E-state index contributed by atoms with van der Waals surface area (Å²) in [5.74, 6) is -1.76. The van der Waals surface area contributed by atoms with Crippen molar-refractivity contribution in [2.75, 3.05) is 4.90 Å². The van der Waals surface area contributed by atoms with Crippen LogP contribution in [0, 0.1) is 5.82 Å². The molecule has 0 aliphatic carbocycles. The highest BCUT2D eigenvalue weighted by atomic mass is 19.4. The van der Waals surface area contributed by atoms with E-state index in [9.17, 15) is 31.9 Å². The number of alkyl carbamates (subject to hydrolysis) is 1. The van der Waals surface area contributed by atoms with Gasteiger partial charge in [0.05, 0.1) is 5.56 Å². The van der Waals surface area contributed by atoms with Gasteiger partial charge >= 0.3 is 12.3 Å². The number of hydrogen-bond donors (Lipinski definition) is 2. The van der Waals surface area contributed by atoms with Gasteiger partial charge in [0.25, 0.3) is 0 Å². The van der Waals surface area contributed by atoms with Crippen LogP contribution in [0.15, 0.2) is 42.5 Å². The molecular formula is C28H33F4N3O4. The largest absolute Gasteiger partial charge is 0.444 e. The van der Waals surface area contributed by atoms with Crippen molar-refractivity contribution in [2.24, 2.45) is 0 Å². The molecule has 2 N–H and O–H groups in total. The Labute approximate surface area is 224 Å². The molecule has 0 unspecified atom stereocenters. The van der Waals surface area contributed by atoms with Crippen LogP contribution >= 0.6 is 0 Å². The van der Waals surface area contributed by atoms with Crippen LogP contribution in [0.4, 0.5) is 28.0 Å². The molecule has 1 heterocycles. The van der Waals surface area contributed by atoms with E-state index in [-0.39, 0.29) is 24.4 Å². The summed E-state index contributed by atoms with van der Waals surface area (Å²) in [7, 11) is 0. The van der Waals surface area contributed by atoms with Gasteiger partial charge in [0.15, 0.2) is 0 Å². The highest BCUT2D eigenvalue weighted by Crippen LogP contribution is 2.33. The summed E-state index contributed by atoms with van der Waals surface area (Å²) in [6.45, 7) is 8.36. The Hall–Kier alpha value is -3.63. The van der Waals surface area contributed by atoms with Crippen molar-refractivity contribution in [3.8, 4) is 0 Å². The first-order chi connectivity index (χ1) is 18.1. The molecule has 0 fully saturated rings. The van der Waals surface area contributed by atoms with E-state index in [4.69, 9.17) is 4.74 Å². The summed E-state index contributed by atoms with van der Waals surface area (Å²) in [5.41, 5.74) is -0.958. The number of alkyl halides is 3. The Kier molecular flexibility index (Phi) is 8.92. The Morgan fingerprint density at radius 1 is 1.10 bits per heavy atom. The molecule has 3 amide bonds. The monoisotopic (exact) mass is 551 g/mol. The number of carbonyl (C=O) groups is 3. The molecule has 0 aromatic heterocycles. The number of carbonyl (C=O) groups excluding carboxylic acids is 3. The quantitative estimate of drug-likeness (QED) is 0.486. The van der Waals surface area contributed by atoms with E-state index < -0.39 is 59.6 Å². The molecule has 3 rings (SSSR count). The third kappa shape index (κ3) is 7.70. The second-order valence-electron chi connectivity index (χ2n) is 10.7. The van der Waals surface area contributed by atoms with Crippen molar-refractivity contribution < 1.29 is 36.7 Å². The molecule has 212 valence electrons. The van der Waals surface area contributed by atoms with E-state index in [1.807, 2.05) is 0 Å². The maximum absolute atomic E-state index is 13.9. The van der Waals surface area contributed by atoms with Gasteiger partial charge in [-0.3, -0.25) is 9.59 Å². The normalized spacial score (nSPS) is 16.8.